The van der Waals surface area contributed by atoms with Crippen molar-refractivity contribution in [3.8, 4) is 0 Å². The summed E-state index contributed by atoms with van der Waals surface area (Å²) in [5, 5.41) is 13.9. The summed E-state index contributed by atoms with van der Waals surface area (Å²) < 4.78 is 5.21. The standard InChI is InChI=1S/C13H14N2O3/c1-10(14-9-13-6-3-7-18-13)11-4-2-5-12(8-11)15(16)17/h2-8,10,14H,9H2,1H3. The van der Waals surface area contributed by atoms with E-state index in [0.717, 1.165) is 11.3 Å². The number of benzene rings is 1. The Morgan fingerprint density at radius 3 is 2.89 bits per heavy atom. The molecule has 0 aliphatic carbocycles. The lowest BCUT2D eigenvalue weighted by molar-refractivity contribution is -0.384. The van der Waals surface area contributed by atoms with Crippen LogP contribution in [0.4, 0.5) is 5.69 Å². The van der Waals surface area contributed by atoms with Crippen LogP contribution in [0, 0.1) is 10.1 Å². The van der Waals surface area contributed by atoms with E-state index in [2.05, 4.69) is 5.32 Å². The molecule has 2 rings (SSSR count). The normalized spacial score (nSPS) is 12.3. The van der Waals surface area contributed by atoms with Crippen molar-refractivity contribution in [1.29, 1.82) is 0 Å². The lowest BCUT2D eigenvalue weighted by Crippen LogP contribution is -2.17. The minimum absolute atomic E-state index is 0.0231. The summed E-state index contributed by atoms with van der Waals surface area (Å²) in [6.07, 6.45) is 1.62. The van der Waals surface area contributed by atoms with Gasteiger partial charge >= 0.3 is 0 Å². The molecule has 94 valence electrons. The number of nitro benzene ring substituents is 1. The smallest absolute Gasteiger partial charge is 0.269 e. The summed E-state index contributed by atoms with van der Waals surface area (Å²) >= 11 is 0. The minimum atomic E-state index is -0.386. The van der Waals surface area contributed by atoms with Gasteiger partial charge in [-0.2, -0.15) is 0 Å². The molecule has 0 aliphatic heterocycles. The molecule has 0 aliphatic rings. The summed E-state index contributed by atoms with van der Waals surface area (Å²) in [7, 11) is 0. The first-order valence-electron chi connectivity index (χ1n) is 5.67. The molecule has 1 heterocycles. The first kappa shape index (κ1) is 12.3. The van der Waals surface area contributed by atoms with Gasteiger partial charge in [0, 0.05) is 18.2 Å². The predicted molar refractivity (Wildman–Crippen MR) is 67.1 cm³/mol. The van der Waals surface area contributed by atoms with Gasteiger partial charge in [0.1, 0.15) is 5.76 Å². The van der Waals surface area contributed by atoms with Crippen molar-refractivity contribution in [3.05, 3.63) is 64.1 Å². The summed E-state index contributed by atoms with van der Waals surface area (Å²) in [6, 6.07) is 10.4. The minimum Gasteiger partial charge on any atom is -0.468 e. The van der Waals surface area contributed by atoms with Gasteiger partial charge in [-0.3, -0.25) is 10.1 Å². The highest BCUT2D eigenvalue weighted by molar-refractivity contribution is 5.35. The van der Waals surface area contributed by atoms with Crippen LogP contribution in [0.2, 0.25) is 0 Å². The number of hydrogen-bond acceptors (Lipinski definition) is 4. The molecule has 1 aromatic heterocycles. The van der Waals surface area contributed by atoms with E-state index in [9.17, 15) is 10.1 Å². The van der Waals surface area contributed by atoms with Crippen LogP contribution in [0.1, 0.15) is 24.3 Å². The average molecular weight is 246 g/mol. The van der Waals surface area contributed by atoms with Crippen molar-refractivity contribution in [2.24, 2.45) is 0 Å². The fraction of sp³-hybridized carbons (Fsp3) is 0.231. The molecule has 2 aromatic rings. The quantitative estimate of drug-likeness (QED) is 0.650. The fourth-order valence-corrected chi connectivity index (χ4v) is 1.69. The van der Waals surface area contributed by atoms with Gasteiger partial charge in [0.05, 0.1) is 17.7 Å². The zero-order chi connectivity index (χ0) is 13.0. The molecule has 1 unspecified atom stereocenters. The third kappa shape index (κ3) is 2.95. The van der Waals surface area contributed by atoms with Crippen molar-refractivity contribution >= 4 is 5.69 Å². The van der Waals surface area contributed by atoms with E-state index in [4.69, 9.17) is 4.42 Å². The van der Waals surface area contributed by atoms with Gasteiger partial charge < -0.3 is 9.73 Å². The van der Waals surface area contributed by atoms with Crippen LogP contribution >= 0.6 is 0 Å². The molecule has 0 spiro atoms. The van der Waals surface area contributed by atoms with Crippen LogP contribution in [0.3, 0.4) is 0 Å². The number of non-ortho nitro benzene ring substituents is 1. The number of nitrogens with one attached hydrogen (secondary N) is 1. The van der Waals surface area contributed by atoms with Gasteiger partial charge in [0.25, 0.3) is 5.69 Å². The molecule has 0 fully saturated rings. The highest BCUT2D eigenvalue weighted by Crippen LogP contribution is 2.19. The van der Waals surface area contributed by atoms with E-state index in [1.54, 1.807) is 18.4 Å². The van der Waals surface area contributed by atoms with Crippen molar-refractivity contribution < 1.29 is 9.34 Å². The number of furan rings is 1. The van der Waals surface area contributed by atoms with Crippen molar-refractivity contribution in [2.75, 3.05) is 0 Å². The fourth-order valence-electron chi connectivity index (χ4n) is 1.69. The number of nitrogens with zero attached hydrogens (tertiary/aromatic N) is 1. The summed E-state index contributed by atoms with van der Waals surface area (Å²) in [6.45, 7) is 2.55. The Morgan fingerprint density at radius 1 is 1.39 bits per heavy atom. The maximum atomic E-state index is 10.7. The topological polar surface area (TPSA) is 68.3 Å². The lowest BCUT2D eigenvalue weighted by Gasteiger charge is -2.12. The van der Waals surface area contributed by atoms with Crippen LogP contribution in [-0.2, 0) is 6.54 Å². The molecule has 0 amide bonds. The van der Waals surface area contributed by atoms with Crippen LogP contribution in [0.15, 0.2) is 47.1 Å². The SMILES string of the molecule is CC(NCc1ccco1)c1cccc([N+](=O)[O-])c1. The van der Waals surface area contributed by atoms with Gasteiger partial charge in [-0.1, -0.05) is 12.1 Å². The van der Waals surface area contributed by atoms with Gasteiger partial charge in [-0.25, -0.2) is 0 Å². The Kier molecular flexibility index (Phi) is 3.74. The van der Waals surface area contributed by atoms with E-state index in [-0.39, 0.29) is 16.7 Å². The monoisotopic (exact) mass is 246 g/mol. The maximum absolute atomic E-state index is 10.7. The Labute approximate surface area is 105 Å². The number of hydrogen-bond donors (Lipinski definition) is 1. The summed E-state index contributed by atoms with van der Waals surface area (Å²) in [4.78, 5) is 10.3. The number of nitro groups is 1. The average Bonchev–Trinajstić information content (AvgIpc) is 2.89. The zero-order valence-corrected chi connectivity index (χ0v) is 10.00. The van der Waals surface area contributed by atoms with E-state index in [0.29, 0.717) is 6.54 Å². The zero-order valence-electron chi connectivity index (χ0n) is 10.00. The highest BCUT2D eigenvalue weighted by atomic mass is 16.6. The molecule has 0 saturated carbocycles. The highest BCUT2D eigenvalue weighted by Gasteiger charge is 2.10. The Hall–Kier alpha value is -2.14. The van der Waals surface area contributed by atoms with E-state index >= 15 is 0 Å². The van der Waals surface area contributed by atoms with Crippen molar-refractivity contribution in [2.45, 2.75) is 19.5 Å². The predicted octanol–water partition coefficient (Wildman–Crippen LogP) is 3.04. The molecule has 5 heteroatoms. The van der Waals surface area contributed by atoms with Crippen LogP contribution < -0.4 is 5.32 Å². The second-order valence-electron chi connectivity index (χ2n) is 4.03. The maximum Gasteiger partial charge on any atom is 0.269 e. The second kappa shape index (κ2) is 5.46. The molecule has 18 heavy (non-hydrogen) atoms. The number of rotatable bonds is 5. The first-order valence-corrected chi connectivity index (χ1v) is 5.67. The van der Waals surface area contributed by atoms with Crippen LogP contribution in [-0.4, -0.2) is 4.92 Å². The molecule has 5 nitrogen and oxygen atoms in total. The van der Waals surface area contributed by atoms with Gasteiger partial charge in [-0.05, 0) is 24.6 Å². The largest absolute Gasteiger partial charge is 0.468 e. The van der Waals surface area contributed by atoms with E-state index in [1.165, 1.54) is 6.07 Å². The van der Waals surface area contributed by atoms with Crippen LogP contribution in [0.25, 0.3) is 0 Å². The van der Waals surface area contributed by atoms with Gasteiger partial charge in [0.15, 0.2) is 0 Å². The third-order valence-electron chi connectivity index (χ3n) is 2.74. The Morgan fingerprint density at radius 2 is 2.22 bits per heavy atom. The molecule has 1 N–H and O–H groups in total. The van der Waals surface area contributed by atoms with Crippen molar-refractivity contribution in [3.63, 3.8) is 0 Å². The second-order valence-corrected chi connectivity index (χ2v) is 4.03. The molecule has 0 radical (unpaired) electrons. The van der Waals surface area contributed by atoms with Gasteiger partial charge in [0.2, 0.25) is 0 Å². The molecular weight excluding hydrogens is 232 g/mol. The summed E-state index contributed by atoms with van der Waals surface area (Å²) in [5.41, 5.74) is 0.995. The molecule has 1 aromatic carbocycles. The summed E-state index contributed by atoms with van der Waals surface area (Å²) in [5.74, 6) is 0.840. The lowest BCUT2D eigenvalue weighted by atomic mass is 10.1. The van der Waals surface area contributed by atoms with E-state index in [1.807, 2.05) is 25.1 Å². The van der Waals surface area contributed by atoms with E-state index < -0.39 is 0 Å². The Balaban J connectivity index is 2.02. The molecule has 1 atom stereocenters. The Bertz CT molecular complexity index is 523. The van der Waals surface area contributed by atoms with Crippen molar-refractivity contribution in [1.82, 2.24) is 5.32 Å². The molecule has 0 saturated heterocycles. The van der Waals surface area contributed by atoms with Crippen LogP contribution in [0.5, 0.6) is 0 Å². The third-order valence-corrected chi connectivity index (χ3v) is 2.74. The van der Waals surface area contributed by atoms with Gasteiger partial charge in [-0.15, -0.1) is 0 Å². The molecular formula is C13H14N2O3. The molecule has 0 bridgehead atoms. The first-order chi connectivity index (χ1) is 8.66.